The lowest BCUT2D eigenvalue weighted by Gasteiger charge is -2.31. The topological polar surface area (TPSA) is 49.4 Å². The highest BCUT2D eigenvalue weighted by Crippen LogP contribution is 2.15. The van der Waals surface area contributed by atoms with Crippen molar-refractivity contribution in [2.24, 2.45) is 0 Å². The second kappa shape index (κ2) is 6.15. The molecule has 0 bridgehead atoms. The van der Waals surface area contributed by atoms with Crippen LogP contribution in [-0.2, 0) is 4.79 Å². The molecule has 1 N–H and O–H groups in total. The van der Waals surface area contributed by atoms with Crippen LogP contribution in [0.25, 0.3) is 0 Å². The van der Waals surface area contributed by atoms with Crippen molar-refractivity contribution in [3.63, 3.8) is 0 Å². The third-order valence-electron chi connectivity index (χ3n) is 3.52. The molecule has 0 aliphatic carbocycles. The molecule has 4 nitrogen and oxygen atoms in total. The number of nitrogens with one attached hydrogen (secondary N) is 1. The number of rotatable bonds is 2. The molecule has 21 heavy (non-hydrogen) atoms. The van der Waals surface area contributed by atoms with Gasteiger partial charge in [-0.25, -0.2) is 13.2 Å². The normalized spacial score (nSPS) is 15.9. The molecule has 1 aromatic carbocycles. The molecule has 1 fully saturated rings. The van der Waals surface area contributed by atoms with E-state index < -0.39 is 23.4 Å². The van der Waals surface area contributed by atoms with Crippen molar-refractivity contribution in [1.29, 1.82) is 0 Å². The lowest BCUT2D eigenvalue weighted by Crippen LogP contribution is -2.46. The third kappa shape index (κ3) is 3.53. The minimum atomic E-state index is -1.60. The largest absolute Gasteiger partial charge is 0.349 e. The van der Waals surface area contributed by atoms with Gasteiger partial charge in [0.05, 0.1) is 0 Å². The maximum Gasteiger partial charge on any atom is 0.251 e. The predicted molar refractivity (Wildman–Crippen MR) is 69.1 cm³/mol. The summed E-state index contributed by atoms with van der Waals surface area (Å²) in [5.41, 5.74) is -0.264. The molecule has 0 unspecified atom stereocenters. The Labute approximate surface area is 119 Å². The smallest absolute Gasteiger partial charge is 0.251 e. The van der Waals surface area contributed by atoms with Gasteiger partial charge in [0.15, 0.2) is 17.5 Å². The van der Waals surface area contributed by atoms with Crippen molar-refractivity contribution < 1.29 is 22.8 Å². The van der Waals surface area contributed by atoms with E-state index in [-0.39, 0.29) is 17.5 Å². The van der Waals surface area contributed by atoms with Crippen molar-refractivity contribution >= 4 is 11.8 Å². The number of nitrogens with zero attached hydrogens (tertiary/aromatic N) is 1. The molecule has 0 spiro atoms. The number of carbonyl (C=O) groups is 2. The van der Waals surface area contributed by atoms with Gasteiger partial charge in [-0.05, 0) is 25.0 Å². The Morgan fingerprint density at radius 1 is 1.14 bits per heavy atom. The number of carbonyl (C=O) groups excluding carboxylic acids is 2. The molecule has 1 aromatic rings. The first-order valence-electron chi connectivity index (χ1n) is 6.59. The molecule has 0 radical (unpaired) electrons. The van der Waals surface area contributed by atoms with Crippen LogP contribution >= 0.6 is 0 Å². The molecule has 0 aromatic heterocycles. The van der Waals surface area contributed by atoms with Gasteiger partial charge in [0.1, 0.15) is 0 Å². The summed E-state index contributed by atoms with van der Waals surface area (Å²) < 4.78 is 39.0. The standard InChI is InChI=1S/C14H15F3N2O2/c1-8(20)19-4-2-10(3-5-19)18-14(21)9-6-11(15)13(17)12(16)7-9/h6-7,10H,2-5H2,1H3,(H,18,21). The van der Waals surface area contributed by atoms with Crippen LogP contribution in [-0.4, -0.2) is 35.8 Å². The summed E-state index contributed by atoms with van der Waals surface area (Å²) in [6.07, 6.45) is 1.13. The number of likely N-dealkylation sites (tertiary alicyclic amines) is 1. The minimum absolute atomic E-state index is 0.0255. The monoisotopic (exact) mass is 300 g/mol. The number of halogens is 3. The Morgan fingerprint density at radius 3 is 2.14 bits per heavy atom. The van der Waals surface area contributed by atoms with Crippen molar-refractivity contribution in [3.05, 3.63) is 35.1 Å². The molecule has 1 aliphatic rings. The fraction of sp³-hybridized carbons (Fsp3) is 0.429. The van der Waals surface area contributed by atoms with Crippen molar-refractivity contribution in [1.82, 2.24) is 10.2 Å². The van der Waals surface area contributed by atoms with E-state index in [0.717, 1.165) is 0 Å². The zero-order chi connectivity index (χ0) is 15.6. The average molecular weight is 300 g/mol. The van der Waals surface area contributed by atoms with Crippen LogP contribution in [0.2, 0.25) is 0 Å². The van der Waals surface area contributed by atoms with Gasteiger partial charge in [-0.3, -0.25) is 9.59 Å². The number of hydrogen-bond donors (Lipinski definition) is 1. The maximum absolute atomic E-state index is 13.1. The molecular formula is C14H15F3N2O2. The van der Waals surface area contributed by atoms with Gasteiger partial charge in [0.25, 0.3) is 5.91 Å². The Morgan fingerprint density at radius 2 is 1.67 bits per heavy atom. The second-order valence-electron chi connectivity index (χ2n) is 5.01. The Hall–Kier alpha value is -2.05. The molecule has 7 heteroatoms. The van der Waals surface area contributed by atoms with Gasteiger partial charge in [-0.15, -0.1) is 0 Å². The highest BCUT2D eigenvalue weighted by molar-refractivity contribution is 5.94. The van der Waals surface area contributed by atoms with Crippen molar-refractivity contribution in [2.75, 3.05) is 13.1 Å². The highest BCUT2D eigenvalue weighted by atomic mass is 19.2. The summed E-state index contributed by atoms with van der Waals surface area (Å²) in [5, 5.41) is 2.64. The Bertz CT molecular complexity index is 546. The molecule has 2 rings (SSSR count). The molecule has 2 amide bonds. The van der Waals surface area contributed by atoms with E-state index in [1.54, 1.807) is 4.90 Å². The van der Waals surface area contributed by atoms with E-state index in [1.807, 2.05) is 0 Å². The number of benzene rings is 1. The summed E-state index contributed by atoms with van der Waals surface area (Å²) in [6.45, 7) is 2.52. The van der Waals surface area contributed by atoms with Crippen LogP contribution < -0.4 is 5.32 Å². The molecule has 1 heterocycles. The fourth-order valence-corrected chi connectivity index (χ4v) is 2.29. The summed E-state index contributed by atoms with van der Waals surface area (Å²) >= 11 is 0. The van der Waals surface area contributed by atoms with Crippen LogP contribution in [0.5, 0.6) is 0 Å². The van der Waals surface area contributed by atoms with Crippen molar-refractivity contribution in [3.8, 4) is 0 Å². The Kier molecular flexibility index (Phi) is 4.50. The van der Waals surface area contributed by atoms with Crippen molar-refractivity contribution in [2.45, 2.75) is 25.8 Å². The summed E-state index contributed by atoms with van der Waals surface area (Å²) in [7, 11) is 0. The Balaban J connectivity index is 1.98. The van der Waals surface area contributed by atoms with Gasteiger partial charge < -0.3 is 10.2 Å². The second-order valence-corrected chi connectivity index (χ2v) is 5.01. The average Bonchev–Trinajstić information content (AvgIpc) is 2.44. The zero-order valence-corrected chi connectivity index (χ0v) is 11.5. The molecule has 114 valence electrons. The van der Waals surface area contributed by atoms with E-state index in [9.17, 15) is 22.8 Å². The molecule has 1 aliphatic heterocycles. The molecular weight excluding hydrogens is 285 g/mol. The van der Waals surface area contributed by atoms with Gasteiger partial charge in [0, 0.05) is 31.6 Å². The van der Waals surface area contributed by atoms with Crippen LogP contribution in [0.1, 0.15) is 30.1 Å². The van der Waals surface area contributed by atoms with Gasteiger partial charge in [-0.2, -0.15) is 0 Å². The highest BCUT2D eigenvalue weighted by Gasteiger charge is 2.23. The van der Waals surface area contributed by atoms with Gasteiger partial charge in [0.2, 0.25) is 5.91 Å². The number of hydrogen-bond acceptors (Lipinski definition) is 2. The summed E-state index contributed by atoms with van der Waals surface area (Å²) in [6, 6.07) is 1.15. The first-order valence-corrected chi connectivity index (χ1v) is 6.59. The van der Waals surface area contributed by atoms with Crippen LogP contribution in [0.15, 0.2) is 12.1 Å². The van der Waals surface area contributed by atoms with E-state index in [4.69, 9.17) is 0 Å². The number of piperidine rings is 1. The molecule has 1 saturated heterocycles. The first kappa shape index (κ1) is 15.3. The van der Waals surface area contributed by atoms with E-state index in [2.05, 4.69) is 5.32 Å². The first-order chi connectivity index (χ1) is 9.88. The number of amides is 2. The van der Waals surface area contributed by atoms with Crippen LogP contribution in [0.4, 0.5) is 13.2 Å². The predicted octanol–water partition coefficient (Wildman–Crippen LogP) is 1.84. The SMILES string of the molecule is CC(=O)N1CCC(NC(=O)c2cc(F)c(F)c(F)c2)CC1. The van der Waals surface area contributed by atoms with E-state index in [0.29, 0.717) is 38.1 Å². The maximum atomic E-state index is 13.1. The van der Waals surface area contributed by atoms with Gasteiger partial charge in [-0.1, -0.05) is 0 Å². The lowest BCUT2D eigenvalue weighted by atomic mass is 10.0. The van der Waals surface area contributed by atoms with Crippen LogP contribution in [0, 0.1) is 17.5 Å². The molecule has 0 atom stereocenters. The quantitative estimate of drug-likeness (QED) is 0.847. The summed E-state index contributed by atoms with van der Waals surface area (Å²) in [4.78, 5) is 24.7. The van der Waals surface area contributed by atoms with E-state index in [1.165, 1.54) is 6.92 Å². The fourth-order valence-electron chi connectivity index (χ4n) is 2.29. The van der Waals surface area contributed by atoms with Gasteiger partial charge >= 0.3 is 0 Å². The van der Waals surface area contributed by atoms with E-state index >= 15 is 0 Å². The lowest BCUT2D eigenvalue weighted by molar-refractivity contribution is -0.129. The zero-order valence-electron chi connectivity index (χ0n) is 11.5. The summed E-state index contributed by atoms with van der Waals surface area (Å²) in [5.74, 6) is -5.07. The van der Waals surface area contributed by atoms with Crippen LogP contribution in [0.3, 0.4) is 0 Å². The third-order valence-corrected chi connectivity index (χ3v) is 3.52. The molecule has 0 saturated carbocycles. The minimum Gasteiger partial charge on any atom is -0.349 e.